The zero-order valence-corrected chi connectivity index (χ0v) is 12.6. The lowest BCUT2D eigenvalue weighted by atomic mass is 9.77. The molecule has 0 aromatic heterocycles. The van der Waals surface area contributed by atoms with Crippen molar-refractivity contribution in [3.05, 3.63) is 0 Å². The van der Waals surface area contributed by atoms with E-state index in [-0.39, 0.29) is 5.60 Å². The minimum atomic E-state index is 0.0218. The van der Waals surface area contributed by atoms with Gasteiger partial charge in [-0.05, 0) is 50.9 Å². The molecule has 0 saturated heterocycles. The predicted molar refractivity (Wildman–Crippen MR) is 74.3 cm³/mol. The Labute approximate surface area is 108 Å². The van der Waals surface area contributed by atoms with Crippen LogP contribution in [0.5, 0.6) is 0 Å². The SMILES string of the molecule is COC(C)(C)CCC(C)(CNC(C)C)C1CC1. The van der Waals surface area contributed by atoms with Crippen LogP contribution in [0, 0.1) is 11.3 Å². The first-order chi connectivity index (χ1) is 7.79. The summed E-state index contributed by atoms with van der Waals surface area (Å²) >= 11 is 0. The van der Waals surface area contributed by atoms with Gasteiger partial charge in [-0.25, -0.2) is 0 Å². The molecule has 0 amide bonds. The number of hydrogen-bond acceptors (Lipinski definition) is 2. The van der Waals surface area contributed by atoms with Crippen LogP contribution >= 0.6 is 0 Å². The fraction of sp³-hybridized carbons (Fsp3) is 1.00. The molecule has 0 bridgehead atoms. The maximum atomic E-state index is 5.54. The van der Waals surface area contributed by atoms with E-state index in [1.807, 2.05) is 7.11 Å². The summed E-state index contributed by atoms with van der Waals surface area (Å²) < 4.78 is 5.54. The van der Waals surface area contributed by atoms with Gasteiger partial charge >= 0.3 is 0 Å². The number of rotatable bonds is 8. The van der Waals surface area contributed by atoms with Gasteiger partial charge in [-0.3, -0.25) is 0 Å². The van der Waals surface area contributed by atoms with Crippen molar-refractivity contribution in [2.24, 2.45) is 11.3 Å². The van der Waals surface area contributed by atoms with Crippen LogP contribution < -0.4 is 5.32 Å². The Bertz CT molecular complexity index is 233. The molecule has 0 aromatic rings. The number of ether oxygens (including phenoxy) is 1. The Hall–Kier alpha value is -0.0800. The van der Waals surface area contributed by atoms with Crippen LogP contribution in [0.3, 0.4) is 0 Å². The first-order valence-electron chi connectivity index (χ1n) is 7.08. The summed E-state index contributed by atoms with van der Waals surface area (Å²) in [6.07, 6.45) is 5.25. The lowest BCUT2D eigenvalue weighted by molar-refractivity contribution is 0.00260. The Morgan fingerprint density at radius 3 is 2.18 bits per heavy atom. The lowest BCUT2D eigenvalue weighted by Gasteiger charge is -2.34. The smallest absolute Gasteiger partial charge is 0.0623 e. The van der Waals surface area contributed by atoms with Crippen LogP contribution in [0.2, 0.25) is 0 Å². The van der Waals surface area contributed by atoms with E-state index in [1.54, 1.807) is 0 Å². The van der Waals surface area contributed by atoms with Crippen molar-refractivity contribution >= 4 is 0 Å². The number of methoxy groups -OCH3 is 1. The van der Waals surface area contributed by atoms with Gasteiger partial charge in [-0.2, -0.15) is 0 Å². The quantitative estimate of drug-likeness (QED) is 0.701. The summed E-state index contributed by atoms with van der Waals surface area (Å²) in [5, 5.41) is 3.62. The molecular weight excluding hydrogens is 210 g/mol. The van der Waals surface area contributed by atoms with E-state index in [1.165, 1.54) is 19.3 Å². The van der Waals surface area contributed by atoms with Gasteiger partial charge in [0, 0.05) is 19.7 Å². The molecule has 0 aliphatic heterocycles. The Balaban J connectivity index is 2.47. The van der Waals surface area contributed by atoms with Crippen LogP contribution in [0.1, 0.15) is 60.3 Å². The van der Waals surface area contributed by atoms with E-state index >= 15 is 0 Å². The zero-order valence-electron chi connectivity index (χ0n) is 12.6. The van der Waals surface area contributed by atoms with E-state index in [0.717, 1.165) is 18.9 Å². The monoisotopic (exact) mass is 241 g/mol. The third-order valence-corrected chi connectivity index (χ3v) is 4.33. The molecule has 1 atom stereocenters. The highest BCUT2D eigenvalue weighted by atomic mass is 16.5. The van der Waals surface area contributed by atoms with Crippen LogP contribution in [-0.4, -0.2) is 25.3 Å². The topological polar surface area (TPSA) is 21.3 Å². The Kier molecular flexibility index (Phi) is 5.03. The average Bonchev–Trinajstić information content (AvgIpc) is 3.08. The van der Waals surface area contributed by atoms with Crippen molar-refractivity contribution in [1.82, 2.24) is 5.32 Å². The molecule has 1 fully saturated rings. The second-order valence-electron chi connectivity index (χ2n) is 6.93. The second-order valence-corrected chi connectivity index (χ2v) is 6.93. The van der Waals surface area contributed by atoms with Crippen molar-refractivity contribution in [3.63, 3.8) is 0 Å². The van der Waals surface area contributed by atoms with Gasteiger partial charge < -0.3 is 10.1 Å². The standard InChI is InChI=1S/C15H31NO/c1-12(2)16-11-15(5,13-7-8-13)10-9-14(3,4)17-6/h12-13,16H,7-11H2,1-6H3. The maximum Gasteiger partial charge on any atom is 0.0623 e. The highest BCUT2D eigenvalue weighted by Crippen LogP contribution is 2.48. The Morgan fingerprint density at radius 2 is 1.76 bits per heavy atom. The summed E-state index contributed by atoms with van der Waals surface area (Å²) in [7, 11) is 1.82. The van der Waals surface area contributed by atoms with Gasteiger partial charge in [0.1, 0.15) is 0 Å². The molecule has 1 aliphatic carbocycles. The third kappa shape index (κ3) is 4.97. The first-order valence-corrected chi connectivity index (χ1v) is 7.08. The van der Waals surface area contributed by atoms with Crippen LogP contribution in [0.25, 0.3) is 0 Å². The molecule has 1 N–H and O–H groups in total. The van der Waals surface area contributed by atoms with Crippen molar-refractivity contribution in [1.29, 1.82) is 0 Å². The van der Waals surface area contributed by atoms with Crippen LogP contribution in [-0.2, 0) is 4.74 Å². The molecular formula is C15H31NO. The molecule has 0 radical (unpaired) electrons. The van der Waals surface area contributed by atoms with Gasteiger partial charge in [-0.1, -0.05) is 20.8 Å². The molecule has 0 aromatic carbocycles. The minimum Gasteiger partial charge on any atom is -0.379 e. The molecule has 1 aliphatic rings. The molecule has 1 unspecified atom stereocenters. The van der Waals surface area contributed by atoms with E-state index < -0.39 is 0 Å². The van der Waals surface area contributed by atoms with Crippen molar-refractivity contribution < 1.29 is 4.74 Å². The summed E-state index contributed by atoms with van der Waals surface area (Å²) in [5.41, 5.74) is 0.480. The van der Waals surface area contributed by atoms with Crippen LogP contribution in [0.15, 0.2) is 0 Å². The summed E-state index contributed by atoms with van der Waals surface area (Å²) in [6, 6.07) is 0.587. The van der Waals surface area contributed by atoms with Crippen molar-refractivity contribution in [2.45, 2.75) is 71.9 Å². The van der Waals surface area contributed by atoms with E-state index in [9.17, 15) is 0 Å². The fourth-order valence-electron chi connectivity index (χ4n) is 2.34. The van der Waals surface area contributed by atoms with Crippen molar-refractivity contribution in [3.8, 4) is 0 Å². The lowest BCUT2D eigenvalue weighted by Crippen LogP contribution is -2.38. The van der Waals surface area contributed by atoms with Crippen LogP contribution in [0.4, 0.5) is 0 Å². The molecule has 17 heavy (non-hydrogen) atoms. The average molecular weight is 241 g/mol. The largest absolute Gasteiger partial charge is 0.379 e. The van der Waals surface area contributed by atoms with Gasteiger partial charge in [-0.15, -0.1) is 0 Å². The fourth-order valence-corrected chi connectivity index (χ4v) is 2.34. The van der Waals surface area contributed by atoms with Gasteiger partial charge in [0.15, 0.2) is 0 Å². The molecule has 1 rings (SSSR count). The summed E-state index contributed by atoms with van der Waals surface area (Å²) in [4.78, 5) is 0. The summed E-state index contributed by atoms with van der Waals surface area (Å²) in [6.45, 7) is 12.4. The normalized spacial score (nSPS) is 20.6. The predicted octanol–water partition coefficient (Wildman–Crippen LogP) is 3.61. The molecule has 0 spiro atoms. The molecule has 2 heteroatoms. The number of hydrogen-bond donors (Lipinski definition) is 1. The highest BCUT2D eigenvalue weighted by Gasteiger charge is 2.41. The minimum absolute atomic E-state index is 0.0218. The van der Waals surface area contributed by atoms with Gasteiger partial charge in [0.05, 0.1) is 5.60 Å². The first kappa shape index (κ1) is 15.0. The summed E-state index contributed by atoms with van der Waals surface area (Å²) in [5.74, 6) is 0.932. The Morgan fingerprint density at radius 1 is 1.18 bits per heavy atom. The molecule has 0 heterocycles. The molecule has 102 valence electrons. The number of nitrogens with one attached hydrogen (secondary N) is 1. The second kappa shape index (κ2) is 5.71. The van der Waals surface area contributed by atoms with Gasteiger partial charge in [0.2, 0.25) is 0 Å². The van der Waals surface area contributed by atoms with Gasteiger partial charge in [0.25, 0.3) is 0 Å². The molecule has 1 saturated carbocycles. The maximum absolute atomic E-state index is 5.54. The van der Waals surface area contributed by atoms with Crippen molar-refractivity contribution in [2.75, 3.05) is 13.7 Å². The third-order valence-electron chi connectivity index (χ3n) is 4.33. The zero-order chi connectivity index (χ0) is 13.1. The molecule has 2 nitrogen and oxygen atoms in total. The highest BCUT2D eigenvalue weighted by molar-refractivity contribution is 4.94. The van der Waals surface area contributed by atoms with E-state index in [0.29, 0.717) is 11.5 Å². The van der Waals surface area contributed by atoms with E-state index in [4.69, 9.17) is 4.74 Å². The van der Waals surface area contributed by atoms with E-state index in [2.05, 4.69) is 39.9 Å².